The van der Waals surface area contributed by atoms with E-state index in [4.69, 9.17) is 0 Å². The average molecular weight is 322 g/mol. The molecule has 0 saturated heterocycles. The van der Waals surface area contributed by atoms with Crippen molar-refractivity contribution in [2.24, 2.45) is 0 Å². The number of benzene rings is 1. The van der Waals surface area contributed by atoms with Gasteiger partial charge in [0.1, 0.15) is 0 Å². The van der Waals surface area contributed by atoms with Gasteiger partial charge in [-0.1, -0.05) is 12.1 Å². The van der Waals surface area contributed by atoms with Gasteiger partial charge in [0.05, 0.1) is 6.10 Å². The van der Waals surface area contributed by atoms with Crippen LogP contribution in [0.25, 0.3) is 0 Å². The van der Waals surface area contributed by atoms with Crippen molar-refractivity contribution < 1.29 is 9.90 Å². The molecule has 0 saturated carbocycles. The van der Waals surface area contributed by atoms with Gasteiger partial charge in [0.25, 0.3) is 0 Å². The van der Waals surface area contributed by atoms with Crippen LogP contribution in [0.3, 0.4) is 0 Å². The van der Waals surface area contributed by atoms with Gasteiger partial charge < -0.3 is 15.7 Å². The molecule has 3 N–H and O–H groups in total. The lowest BCUT2D eigenvalue weighted by Gasteiger charge is -2.11. The fourth-order valence-electron chi connectivity index (χ4n) is 1.80. The summed E-state index contributed by atoms with van der Waals surface area (Å²) in [6.45, 7) is 0.188. The number of aliphatic hydroxyl groups is 1. The second-order valence-electron chi connectivity index (χ2n) is 4.54. The number of nitrogens with one attached hydrogen (secondary N) is 2. The average Bonchev–Trinajstić information content (AvgIpc) is 3.01. The van der Waals surface area contributed by atoms with E-state index in [1.54, 1.807) is 11.8 Å². The SMILES string of the molecule is CSCc1ccc(NC(=O)NCC(O)c2ccsc2)cc1. The van der Waals surface area contributed by atoms with Crippen molar-refractivity contribution in [2.45, 2.75) is 11.9 Å². The number of hydrogen-bond donors (Lipinski definition) is 3. The second kappa shape index (κ2) is 8.07. The van der Waals surface area contributed by atoms with Crippen LogP contribution in [0.4, 0.5) is 10.5 Å². The van der Waals surface area contributed by atoms with Crippen molar-refractivity contribution in [3.05, 3.63) is 52.2 Å². The predicted octanol–water partition coefficient (Wildman–Crippen LogP) is 3.47. The molecule has 1 aromatic carbocycles. The minimum atomic E-state index is -0.675. The normalized spacial score (nSPS) is 11.9. The Bertz CT molecular complexity index is 556. The van der Waals surface area contributed by atoms with E-state index in [2.05, 4.69) is 16.9 Å². The third-order valence-corrected chi connectivity index (χ3v) is 4.23. The Hall–Kier alpha value is -1.50. The van der Waals surface area contributed by atoms with Gasteiger partial charge in [0, 0.05) is 18.0 Å². The first-order chi connectivity index (χ1) is 10.2. The van der Waals surface area contributed by atoms with Crippen LogP contribution in [0.2, 0.25) is 0 Å². The van der Waals surface area contributed by atoms with Crippen molar-refractivity contribution in [2.75, 3.05) is 18.1 Å². The largest absolute Gasteiger partial charge is 0.387 e. The molecule has 1 aromatic heterocycles. The summed E-state index contributed by atoms with van der Waals surface area (Å²) in [4.78, 5) is 11.8. The number of carbonyl (C=O) groups is 1. The van der Waals surface area contributed by atoms with E-state index in [0.717, 1.165) is 17.0 Å². The highest BCUT2D eigenvalue weighted by Gasteiger charge is 2.09. The third-order valence-electron chi connectivity index (χ3n) is 2.91. The predicted molar refractivity (Wildman–Crippen MR) is 90.0 cm³/mol. The summed E-state index contributed by atoms with van der Waals surface area (Å²) in [5.41, 5.74) is 2.78. The van der Waals surface area contributed by atoms with Gasteiger partial charge in [-0.05, 0) is 46.3 Å². The summed E-state index contributed by atoms with van der Waals surface area (Å²) in [6.07, 6.45) is 1.38. The first kappa shape index (κ1) is 15.9. The Morgan fingerprint density at radius 3 is 2.71 bits per heavy atom. The van der Waals surface area contributed by atoms with Gasteiger partial charge in [-0.25, -0.2) is 4.79 Å². The van der Waals surface area contributed by atoms with Gasteiger partial charge in [0.2, 0.25) is 0 Å². The number of aliphatic hydroxyl groups excluding tert-OH is 1. The second-order valence-corrected chi connectivity index (χ2v) is 6.18. The van der Waals surface area contributed by atoms with Gasteiger partial charge in [-0.3, -0.25) is 0 Å². The minimum Gasteiger partial charge on any atom is -0.387 e. The Labute approximate surface area is 132 Å². The van der Waals surface area contributed by atoms with Crippen LogP contribution >= 0.6 is 23.1 Å². The van der Waals surface area contributed by atoms with Crippen molar-refractivity contribution in [3.63, 3.8) is 0 Å². The van der Waals surface area contributed by atoms with Gasteiger partial charge in [0.15, 0.2) is 0 Å². The van der Waals surface area contributed by atoms with Crippen LogP contribution in [0.5, 0.6) is 0 Å². The van der Waals surface area contributed by atoms with Crippen LogP contribution in [-0.4, -0.2) is 23.9 Å². The van der Waals surface area contributed by atoms with Gasteiger partial charge in [-0.15, -0.1) is 0 Å². The molecule has 0 spiro atoms. The molecule has 2 amide bonds. The Morgan fingerprint density at radius 1 is 1.33 bits per heavy atom. The number of amides is 2. The summed E-state index contributed by atoms with van der Waals surface area (Å²) in [5.74, 6) is 0.958. The van der Waals surface area contributed by atoms with Crippen molar-refractivity contribution in [3.8, 4) is 0 Å². The van der Waals surface area contributed by atoms with E-state index in [1.807, 2.05) is 41.1 Å². The first-order valence-corrected chi connectivity index (χ1v) is 8.85. The maximum Gasteiger partial charge on any atom is 0.319 e. The highest BCUT2D eigenvalue weighted by molar-refractivity contribution is 7.97. The number of thiophene rings is 1. The minimum absolute atomic E-state index is 0.188. The number of rotatable bonds is 6. The number of anilines is 1. The van der Waals surface area contributed by atoms with Crippen LogP contribution in [0.15, 0.2) is 41.1 Å². The molecule has 1 unspecified atom stereocenters. The molecule has 2 rings (SSSR count). The number of hydrogen-bond acceptors (Lipinski definition) is 4. The van der Waals surface area contributed by atoms with Crippen LogP contribution < -0.4 is 10.6 Å². The lowest BCUT2D eigenvalue weighted by molar-refractivity contribution is 0.175. The molecule has 112 valence electrons. The fraction of sp³-hybridized carbons (Fsp3) is 0.267. The van der Waals surface area contributed by atoms with Gasteiger partial charge in [-0.2, -0.15) is 23.1 Å². The number of thioether (sulfide) groups is 1. The van der Waals surface area contributed by atoms with Crippen LogP contribution in [-0.2, 0) is 5.75 Å². The lowest BCUT2D eigenvalue weighted by atomic mass is 10.2. The third kappa shape index (κ3) is 5.08. The quantitative estimate of drug-likeness (QED) is 0.763. The molecule has 1 atom stereocenters. The standard InChI is InChI=1S/C15H18N2O2S2/c1-20-9-11-2-4-13(5-3-11)17-15(19)16-8-14(18)12-6-7-21-10-12/h2-7,10,14,18H,8-9H2,1H3,(H2,16,17,19). The molecule has 0 aliphatic carbocycles. The van der Waals surface area contributed by atoms with E-state index in [1.165, 1.54) is 16.9 Å². The lowest BCUT2D eigenvalue weighted by Crippen LogP contribution is -2.32. The molecule has 21 heavy (non-hydrogen) atoms. The summed E-state index contributed by atoms with van der Waals surface area (Å²) in [7, 11) is 0. The topological polar surface area (TPSA) is 61.4 Å². The zero-order chi connectivity index (χ0) is 15.1. The molecule has 4 nitrogen and oxygen atoms in total. The molecular formula is C15H18N2O2S2. The number of carbonyl (C=O) groups excluding carboxylic acids is 1. The molecule has 0 radical (unpaired) electrons. The summed E-state index contributed by atoms with van der Waals surface area (Å²) < 4.78 is 0. The molecule has 6 heteroatoms. The van der Waals surface area contributed by atoms with E-state index >= 15 is 0 Å². The maximum atomic E-state index is 11.8. The zero-order valence-corrected chi connectivity index (χ0v) is 13.3. The molecule has 0 aliphatic rings. The zero-order valence-electron chi connectivity index (χ0n) is 11.7. The molecule has 0 fully saturated rings. The molecular weight excluding hydrogens is 304 g/mol. The van der Waals surface area contributed by atoms with Crippen LogP contribution in [0, 0.1) is 0 Å². The van der Waals surface area contributed by atoms with E-state index in [9.17, 15) is 9.90 Å². The summed E-state index contributed by atoms with van der Waals surface area (Å²) in [6, 6.07) is 9.26. The highest BCUT2D eigenvalue weighted by atomic mass is 32.2. The monoisotopic (exact) mass is 322 g/mol. The van der Waals surface area contributed by atoms with Gasteiger partial charge >= 0.3 is 6.03 Å². The van der Waals surface area contributed by atoms with E-state index in [-0.39, 0.29) is 12.6 Å². The highest BCUT2D eigenvalue weighted by Crippen LogP contribution is 2.16. The van der Waals surface area contributed by atoms with Crippen molar-refractivity contribution >= 4 is 34.8 Å². The summed E-state index contributed by atoms with van der Waals surface area (Å²) in [5, 5.41) is 19.1. The number of urea groups is 1. The maximum absolute atomic E-state index is 11.8. The molecule has 2 aromatic rings. The Balaban J connectivity index is 1.78. The summed E-state index contributed by atoms with van der Waals surface area (Å²) >= 11 is 3.28. The first-order valence-electron chi connectivity index (χ1n) is 6.52. The Morgan fingerprint density at radius 2 is 2.10 bits per heavy atom. The van der Waals surface area contributed by atoms with Crippen molar-refractivity contribution in [1.82, 2.24) is 5.32 Å². The fourth-order valence-corrected chi connectivity index (χ4v) is 3.03. The smallest absolute Gasteiger partial charge is 0.319 e. The Kier molecular flexibility index (Phi) is 6.10. The van der Waals surface area contributed by atoms with E-state index in [0.29, 0.717) is 0 Å². The van der Waals surface area contributed by atoms with Crippen LogP contribution in [0.1, 0.15) is 17.2 Å². The molecule has 0 aliphatic heterocycles. The molecule has 1 heterocycles. The molecule has 0 bridgehead atoms. The van der Waals surface area contributed by atoms with Crippen molar-refractivity contribution in [1.29, 1.82) is 0 Å². The van der Waals surface area contributed by atoms with E-state index < -0.39 is 6.10 Å².